The number of amides is 2. The van der Waals surface area contributed by atoms with Crippen LogP contribution < -0.4 is 10.1 Å². The summed E-state index contributed by atoms with van der Waals surface area (Å²) in [5.41, 5.74) is 2.16. The van der Waals surface area contributed by atoms with E-state index in [1.54, 1.807) is 11.8 Å². The van der Waals surface area contributed by atoms with E-state index in [-0.39, 0.29) is 24.5 Å². The summed E-state index contributed by atoms with van der Waals surface area (Å²) in [5, 5.41) is 2.96. The summed E-state index contributed by atoms with van der Waals surface area (Å²) < 4.78 is 6.67. The molecule has 1 N–H and O–H groups in total. The second-order valence-electron chi connectivity index (χ2n) is 7.43. The number of hydrogen-bond acceptors (Lipinski definition) is 3. The Morgan fingerprint density at radius 3 is 2.17 bits per heavy atom. The van der Waals surface area contributed by atoms with E-state index in [0.29, 0.717) is 12.3 Å². The van der Waals surface area contributed by atoms with Crippen LogP contribution in [0.15, 0.2) is 53.0 Å². The number of halogens is 1. The van der Waals surface area contributed by atoms with Crippen molar-refractivity contribution >= 4 is 27.7 Å². The molecule has 0 aromatic heterocycles. The largest absolute Gasteiger partial charge is 0.484 e. The molecule has 6 heteroatoms. The quantitative estimate of drug-likeness (QED) is 0.541. The monoisotopic (exact) mass is 474 g/mol. The molecule has 0 bridgehead atoms. The lowest BCUT2D eigenvalue weighted by Gasteiger charge is -2.29. The number of nitrogens with one attached hydrogen (secondary N) is 1. The van der Waals surface area contributed by atoms with Crippen molar-refractivity contribution in [1.82, 2.24) is 10.2 Å². The average molecular weight is 475 g/mol. The maximum Gasteiger partial charge on any atom is 0.261 e. The highest BCUT2D eigenvalue weighted by Crippen LogP contribution is 2.16. The van der Waals surface area contributed by atoms with Crippen LogP contribution in [0.2, 0.25) is 0 Å². The van der Waals surface area contributed by atoms with E-state index in [1.807, 2.05) is 62.4 Å². The van der Waals surface area contributed by atoms with Crippen molar-refractivity contribution in [2.24, 2.45) is 0 Å². The van der Waals surface area contributed by atoms with Crippen molar-refractivity contribution in [3.8, 4) is 5.75 Å². The fourth-order valence-electron chi connectivity index (χ4n) is 2.88. The third-order valence-electron chi connectivity index (χ3n) is 5.13. The molecule has 30 heavy (non-hydrogen) atoms. The number of carbonyl (C=O) groups excluding carboxylic acids is 2. The Labute approximate surface area is 187 Å². The maximum absolute atomic E-state index is 13.0. The molecule has 0 aliphatic carbocycles. The standard InChI is InChI=1S/C24H31BrN2O3/c1-5-17(3)26-24(29)18(4)27(15-20-7-11-21(25)12-8-20)23(28)16-30-22-13-9-19(6-2)10-14-22/h7-14,17-18H,5-6,15-16H2,1-4H3,(H,26,29)/t17-,18+/m1/s1. The SMILES string of the molecule is CCc1ccc(OCC(=O)N(Cc2ccc(Br)cc2)[C@@H](C)C(=O)N[C@H](C)CC)cc1. The lowest BCUT2D eigenvalue weighted by molar-refractivity contribution is -0.142. The Kier molecular flexibility index (Phi) is 9.37. The molecule has 2 atom stereocenters. The van der Waals surface area contributed by atoms with Crippen LogP contribution in [0.4, 0.5) is 0 Å². The van der Waals surface area contributed by atoms with Gasteiger partial charge in [-0.05, 0) is 62.1 Å². The minimum Gasteiger partial charge on any atom is -0.484 e. The number of carbonyl (C=O) groups is 2. The highest BCUT2D eigenvalue weighted by molar-refractivity contribution is 9.10. The predicted molar refractivity (Wildman–Crippen MR) is 123 cm³/mol. The summed E-state index contributed by atoms with van der Waals surface area (Å²) in [6.45, 7) is 8.02. The third kappa shape index (κ3) is 7.17. The Morgan fingerprint density at radius 2 is 1.60 bits per heavy atom. The molecule has 162 valence electrons. The molecule has 0 fully saturated rings. The van der Waals surface area contributed by atoms with Gasteiger partial charge in [0.25, 0.3) is 5.91 Å². The van der Waals surface area contributed by atoms with Crippen molar-refractivity contribution in [2.45, 2.75) is 59.2 Å². The van der Waals surface area contributed by atoms with Gasteiger partial charge in [-0.2, -0.15) is 0 Å². The first-order valence-corrected chi connectivity index (χ1v) is 11.2. The van der Waals surface area contributed by atoms with Crippen molar-refractivity contribution in [1.29, 1.82) is 0 Å². The fraction of sp³-hybridized carbons (Fsp3) is 0.417. The highest BCUT2D eigenvalue weighted by atomic mass is 79.9. The zero-order valence-electron chi connectivity index (χ0n) is 18.2. The molecule has 0 radical (unpaired) electrons. The van der Waals surface area contributed by atoms with Gasteiger partial charge in [0.1, 0.15) is 11.8 Å². The topological polar surface area (TPSA) is 58.6 Å². The van der Waals surface area contributed by atoms with E-state index < -0.39 is 6.04 Å². The first-order chi connectivity index (χ1) is 14.3. The summed E-state index contributed by atoms with van der Waals surface area (Å²) in [5.74, 6) is 0.243. The van der Waals surface area contributed by atoms with Gasteiger partial charge in [0.05, 0.1) is 0 Å². The molecular formula is C24H31BrN2O3. The van der Waals surface area contributed by atoms with Crippen molar-refractivity contribution in [2.75, 3.05) is 6.61 Å². The lowest BCUT2D eigenvalue weighted by Crippen LogP contribution is -2.50. The second kappa shape index (κ2) is 11.7. The molecule has 2 aromatic carbocycles. The molecule has 5 nitrogen and oxygen atoms in total. The van der Waals surface area contributed by atoms with Gasteiger partial charge in [-0.25, -0.2) is 0 Å². The zero-order chi connectivity index (χ0) is 22.1. The number of nitrogens with zero attached hydrogens (tertiary/aromatic N) is 1. The smallest absolute Gasteiger partial charge is 0.261 e. The summed E-state index contributed by atoms with van der Waals surface area (Å²) in [4.78, 5) is 27.3. The fourth-order valence-corrected chi connectivity index (χ4v) is 3.15. The first kappa shape index (κ1) is 23.9. The van der Waals surface area contributed by atoms with Gasteiger partial charge in [-0.15, -0.1) is 0 Å². The van der Waals surface area contributed by atoms with E-state index in [1.165, 1.54) is 5.56 Å². The normalized spacial score (nSPS) is 12.7. The Hall–Kier alpha value is -2.34. The van der Waals surface area contributed by atoms with Gasteiger partial charge in [-0.3, -0.25) is 9.59 Å². The van der Waals surface area contributed by atoms with Gasteiger partial charge in [0.15, 0.2) is 6.61 Å². The second-order valence-corrected chi connectivity index (χ2v) is 8.34. The molecule has 0 saturated heterocycles. The van der Waals surface area contributed by atoms with Crippen molar-refractivity contribution in [3.63, 3.8) is 0 Å². The van der Waals surface area contributed by atoms with E-state index in [9.17, 15) is 9.59 Å². The van der Waals surface area contributed by atoms with Gasteiger partial charge in [0, 0.05) is 17.1 Å². The van der Waals surface area contributed by atoms with Crippen LogP contribution >= 0.6 is 15.9 Å². The highest BCUT2D eigenvalue weighted by Gasteiger charge is 2.27. The summed E-state index contributed by atoms with van der Waals surface area (Å²) in [7, 11) is 0. The van der Waals surface area contributed by atoms with E-state index in [4.69, 9.17) is 4.74 Å². The van der Waals surface area contributed by atoms with Gasteiger partial charge < -0.3 is 15.0 Å². The minimum absolute atomic E-state index is 0.0536. The Balaban J connectivity index is 2.12. The summed E-state index contributed by atoms with van der Waals surface area (Å²) in [6, 6.07) is 14.9. The predicted octanol–water partition coefficient (Wildman–Crippen LogP) is 4.72. The van der Waals surface area contributed by atoms with Crippen LogP contribution in [0.3, 0.4) is 0 Å². The Morgan fingerprint density at radius 1 is 1.00 bits per heavy atom. The average Bonchev–Trinajstić information content (AvgIpc) is 2.76. The third-order valence-corrected chi connectivity index (χ3v) is 5.66. The van der Waals surface area contributed by atoms with E-state index >= 15 is 0 Å². The summed E-state index contributed by atoms with van der Waals surface area (Å²) >= 11 is 3.42. The first-order valence-electron chi connectivity index (χ1n) is 10.4. The van der Waals surface area contributed by atoms with Crippen LogP contribution in [-0.2, 0) is 22.6 Å². The van der Waals surface area contributed by atoms with E-state index in [2.05, 4.69) is 28.2 Å². The number of hydrogen-bond donors (Lipinski definition) is 1. The molecule has 0 spiro atoms. The number of ether oxygens (including phenoxy) is 1. The molecular weight excluding hydrogens is 444 g/mol. The zero-order valence-corrected chi connectivity index (χ0v) is 19.7. The number of rotatable bonds is 10. The molecule has 0 saturated carbocycles. The van der Waals surface area contributed by atoms with Crippen LogP contribution in [0.1, 0.15) is 45.2 Å². The molecule has 0 heterocycles. The number of benzene rings is 2. The summed E-state index contributed by atoms with van der Waals surface area (Å²) in [6.07, 6.45) is 1.78. The molecule has 2 aromatic rings. The van der Waals surface area contributed by atoms with Crippen LogP contribution in [0, 0.1) is 0 Å². The van der Waals surface area contributed by atoms with Crippen LogP contribution in [-0.4, -0.2) is 35.4 Å². The minimum atomic E-state index is -0.610. The van der Waals surface area contributed by atoms with Gasteiger partial charge in [0.2, 0.25) is 5.91 Å². The molecule has 0 aliphatic heterocycles. The van der Waals surface area contributed by atoms with Crippen LogP contribution in [0.25, 0.3) is 0 Å². The van der Waals surface area contributed by atoms with Crippen molar-refractivity contribution < 1.29 is 14.3 Å². The van der Waals surface area contributed by atoms with Crippen molar-refractivity contribution in [3.05, 3.63) is 64.1 Å². The Bertz CT molecular complexity index is 821. The van der Waals surface area contributed by atoms with Gasteiger partial charge in [-0.1, -0.05) is 54.0 Å². The molecule has 0 unspecified atom stereocenters. The lowest BCUT2D eigenvalue weighted by atomic mass is 10.1. The molecule has 2 rings (SSSR count). The van der Waals surface area contributed by atoms with Gasteiger partial charge >= 0.3 is 0 Å². The van der Waals surface area contributed by atoms with Crippen LogP contribution in [0.5, 0.6) is 5.75 Å². The van der Waals surface area contributed by atoms with E-state index in [0.717, 1.165) is 22.9 Å². The molecule has 0 aliphatic rings. The molecule has 2 amide bonds. The maximum atomic E-state index is 13.0. The number of aryl methyl sites for hydroxylation is 1.